The van der Waals surface area contributed by atoms with Gasteiger partial charge in [-0.25, -0.2) is 0 Å². The maximum atomic E-state index is 4.55. The second kappa shape index (κ2) is 4.84. The average Bonchev–Trinajstić information content (AvgIpc) is 2.83. The molecule has 1 unspecified atom stereocenters. The molecule has 2 rings (SSSR count). The van der Waals surface area contributed by atoms with E-state index >= 15 is 0 Å². The van der Waals surface area contributed by atoms with Gasteiger partial charge in [0.1, 0.15) is 0 Å². The van der Waals surface area contributed by atoms with Crippen LogP contribution in [0.15, 0.2) is 12.4 Å². The monoisotopic (exact) mass is 247 g/mol. The Hall–Kier alpha value is -1.78. The number of aromatic nitrogens is 4. The van der Waals surface area contributed by atoms with Crippen molar-refractivity contribution in [3.05, 3.63) is 29.3 Å². The summed E-state index contributed by atoms with van der Waals surface area (Å²) >= 11 is 0. The molecule has 98 valence electrons. The van der Waals surface area contributed by atoms with Gasteiger partial charge in [0.05, 0.1) is 23.6 Å². The van der Waals surface area contributed by atoms with E-state index < -0.39 is 0 Å². The van der Waals surface area contributed by atoms with Crippen LogP contribution in [0.25, 0.3) is 0 Å². The van der Waals surface area contributed by atoms with E-state index in [0.717, 1.165) is 17.9 Å². The van der Waals surface area contributed by atoms with Crippen LogP contribution in [0.4, 0.5) is 5.69 Å². The summed E-state index contributed by atoms with van der Waals surface area (Å²) in [4.78, 5) is 0. The summed E-state index contributed by atoms with van der Waals surface area (Å²) in [7, 11) is 1.92. The highest BCUT2D eigenvalue weighted by atomic mass is 15.3. The number of nitrogens with zero attached hydrogens (tertiary/aromatic N) is 4. The van der Waals surface area contributed by atoms with Gasteiger partial charge >= 0.3 is 0 Å². The van der Waals surface area contributed by atoms with Crippen LogP contribution in [0, 0.1) is 13.8 Å². The van der Waals surface area contributed by atoms with Gasteiger partial charge in [0.15, 0.2) is 0 Å². The molecular weight excluding hydrogens is 226 g/mol. The van der Waals surface area contributed by atoms with Crippen LogP contribution >= 0.6 is 0 Å². The lowest BCUT2D eigenvalue weighted by molar-refractivity contribution is 0.632. The number of aryl methyl sites for hydroxylation is 3. The van der Waals surface area contributed by atoms with Gasteiger partial charge in [-0.3, -0.25) is 9.36 Å². The van der Waals surface area contributed by atoms with Crippen LogP contribution in [-0.4, -0.2) is 19.6 Å². The molecule has 5 heteroatoms. The third-order valence-electron chi connectivity index (χ3n) is 3.26. The number of anilines is 1. The zero-order valence-corrected chi connectivity index (χ0v) is 11.7. The van der Waals surface area contributed by atoms with E-state index in [2.05, 4.69) is 43.2 Å². The SMILES string of the molecule is CCn1nc(C)c(C(C)Nc2cnn(C)c2)c1C. The quantitative estimate of drug-likeness (QED) is 0.902. The van der Waals surface area contributed by atoms with Crippen LogP contribution in [-0.2, 0) is 13.6 Å². The molecule has 0 saturated heterocycles. The van der Waals surface area contributed by atoms with Gasteiger partial charge in [-0.15, -0.1) is 0 Å². The maximum absolute atomic E-state index is 4.55. The second-order valence-electron chi connectivity index (χ2n) is 4.67. The number of rotatable bonds is 4. The van der Waals surface area contributed by atoms with Crippen molar-refractivity contribution in [3.8, 4) is 0 Å². The zero-order chi connectivity index (χ0) is 13.3. The van der Waals surface area contributed by atoms with Crippen molar-refractivity contribution in [1.82, 2.24) is 19.6 Å². The molecule has 2 aromatic heterocycles. The lowest BCUT2D eigenvalue weighted by atomic mass is 10.1. The Bertz CT molecular complexity index is 538. The molecule has 1 atom stereocenters. The molecule has 0 spiro atoms. The Labute approximate surface area is 108 Å². The highest BCUT2D eigenvalue weighted by Crippen LogP contribution is 2.24. The third kappa shape index (κ3) is 2.25. The van der Waals surface area contributed by atoms with Gasteiger partial charge in [-0.1, -0.05) is 0 Å². The summed E-state index contributed by atoms with van der Waals surface area (Å²) in [6, 6.07) is 0.231. The smallest absolute Gasteiger partial charge is 0.0731 e. The van der Waals surface area contributed by atoms with Crippen molar-refractivity contribution in [2.24, 2.45) is 7.05 Å². The first-order chi connectivity index (χ1) is 8.52. The Morgan fingerprint density at radius 1 is 1.39 bits per heavy atom. The number of hydrogen-bond donors (Lipinski definition) is 1. The Morgan fingerprint density at radius 2 is 2.11 bits per heavy atom. The molecule has 2 heterocycles. The molecule has 0 saturated carbocycles. The lowest BCUT2D eigenvalue weighted by Crippen LogP contribution is -2.08. The second-order valence-corrected chi connectivity index (χ2v) is 4.67. The first-order valence-corrected chi connectivity index (χ1v) is 6.32. The molecule has 18 heavy (non-hydrogen) atoms. The predicted octanol–water partition coefficient (Wildman–Crippen LogP) is 2.43. The maximum Gasteiger partial charge on any atom is 0.0731 e. The van der Waals surface area contributed by atoms with Gasteiger partial charge in [-0.2, -0.15) is 10.2 Å². The minimum absolute atomic E-state index is 0.231. The van der Waals surface area contributed by atoms with Crippen molar-refractivity contribution in [1.29, 1.82) is 0 Å². The van der Waals surface area contributed by atoms with E-state index in [1.807, 2.05) is 24.1 Å². The van der Waals surface area contributed by atoms with Gasteiger partial charge in [0.25, 0.3) is 0 Å². The van der Waals surface area contributed by atoms with Crippen molar-refractivity contribution in [2.45, 2.75) is 40.3 Å². The molecule has 5 nitrogen and oxygen atoms in total. The Morgan fingerprint density at radius 3 is 2.61 bits per heavy atom. The lowest BCUT2D eigenvalue weighted by Gasteiger charge is -2.14. The fourth-order valence-corrected chi connectivity index (χ4v) is 2.46. The minimum Gasteiger partial charge on any atom is -0.376 e. The molecule has 0 fully saturated rings. The fraction of sp³-hybridized carbons (Fsp3) is 0.538. The zero-order valence-electron chi connectivity index (χ0n) is 11.7. The molecule has 1 N–H and O–H groups in total. The van der Waals surface area contributed by atoms with Crippen LogP contribution in [0.1, 0.15) is 36.8 Å². The molecule has 0 aliphatic heterocycles. The van der Waals surface area contributed by atoms with Crippen molar-refractivity contribution in [3.63, 3.8) is 0 Å². The highest BCUT2D eigenvalue weighted by molar-refractivity contribution is 5.43. The number of nitrogens with one attached hydrogen (secondary N) is 1. The van der Waals surface area contributed by atoms with Crippen LogP contribution < -0.4 is 5.32 Å². The van der Waals surface area contributed by atoms with Gasteiger partial charge in [-0.05, 0) is 27.7 Å². The molecule has 2 aromatic rings. The van der Waals surface area contributed by atoms with Gasteiger partial charge in [0.2, 0.25) is 0 Å². The first-order valence-electron chi connectivity index (χ1n) is 6.32. The minimum atomic E-state index is 0.231. The van der Waals surface area contributed by atoms with E-state index in [1.165, 1.54) is 11.3 Å². The van der Waals surface area contributed by atoms with E-state index in [1.54, 1.807) is 4.68 Å². The van der Waals surface area contributed by atoms with Crippen LogP contribution in [0.5, 0.6) is 0 Å². The first kappa shape index (κ1) is 12.7. The van der Waals surface area contributed by atoms with Crippen LogP contribution in [0.2, 0.25) is 0 Å². The highest BCUT2D eigenvalue weighted by Gasteiger charge is 2.17. The van der Waals surface area contributed by atoms with Crippen molar-refractivity contribution in [2.75, 3.05) is 5.32 Å². The van der Waals surface area contributed by atoms with Crippen molar-refractivity contribution >= 4 is 5.69 Å². The average molecular weight is 247 g/mol. The van der Waals surface area contributed by atoms with E-state index in [-0.39, 0.29) is 6.04 Å². The summed E-state index contributed by atoms with van der Waals surface area (Å²) in [5, 5.41) is 12.2. The molecule has 0 radical (unpaired) electrons. The predicted molar refractivity (Wildman–Crippen MR) is 72.6 cm³/mol. The standard InChI is InChI=1S/C13H21N5/c1-6-18-11(4)13(10(3)16-18)9(2)15-12-7-14-17(5)8-12/h7-9,15H,6H2,1-5H3. The fourth-order valence-electron chi connectivity index (χ4n) is 2.46. The normalized spacial score (nSPS) is 12.7. The topological polar surface area (TPSA) is 47.7 Å². The van der Waals surface area contributed by atoms with E-state index in [4.69, 9.17) is 0 Å². The molecule has 0 bridgehead atoms. The number of hydrogen-bond acceptors (Lipinski definition) is 3. The summed E-state index contributed by atoms with van der Waals surface area (Å²) in [6.07, 6.45) is 3.82. The summed E-state index contributed by atoms with van der Waals surface area (Å²) in [5.74, 6) is 0. The Balaban J connectivity index is 2.23. The molecule has 0 aliphatic rings. The van der Waals surface area contributed by atoms with Crippen LogP contribution in [0.3, 0.4) is 0 Å². The molecule has 0 amide bonds. The third-order valence-corrected chi connectivity index (χ3v) is 3.26. The molecule has 0 aliphatic carbocycles. The van der Waals surface area contributed by atoms with Gasteiger partial charge in [0, 0.05) is 31.0 Å². The summed E-state index contributed by atoms with van der Waals surface area (Å²) in [6.45, 7) is 9.37. The summed E-state index contributed by atoms with van der Waals surface area (Å²) < 4.78 is 3.84. The summed E-state index contributed by atoms with van der Waals surface area (Å²) in [5.41, 5.74) is 4.64. The van der Waals surface area contributed by atoms with E-state index in [9.17, 15) is 0 Å². The molecule has 0 aromatic carbocycles. The molecular formula is C13H21N5. The Kier molecular flexibility index (Phi) is 3.41. The van der Waals surface area contributed by atoms with Gasteiger partial charge < -0.3 is 5.32 Å². The van der Waals surface area contributed by atoms with E-state index in [0.29, 0.717) is 0 Å². The largest absolute Gasteiger partial charge is 0.376 e. The van der Waals surface area contributed by atoms with Crippen molar-refractivity contribution < 1.29 is 0 Å².